The molecule has 3 rings (SSSR count). The largest absolute Gasteiger partial charge is 0.507 e. The Balaban J connectivity index is 2.18. The second-order valence-corrected chi connectivity index (χ2v) is 6.72. The number of hydrogen-bond acceptors (Lipinski definition) is 3. The number of hydrogen-bond donors (Lipinski definition) is 3. The average Bonchev–Trinajstić information content (AvgIpc) is 2.57. The van der Waals surface area contributed by atoms with E-state index in [1.54, 1.807) is 25.1 Å². The molecule has 0 saturated heterocycles. The summed E-state index contributed by atoms with van der Waals surface area (Å²) in [7, 11) is 0. The molecule has 0 unspecified atom stereocenters. The number of rotatable bonds is 3. The summed E-state index contributed by atoms with van der Waals surface area (Å²) in [5.74, 6) is 0.0949. The van der Waals surface area contributed by atoms with Gasteiger partial charge in [0, 0.05) is 5.57 Å². The molecule has 2 aromatic rings. The van der Waals surface area contributed by atoms with Crippen LogP contribution in [-0.2, 0) is 4.79 Å². The Hall–Kier alpha value is -2.18. The van der Waals surface area contributed by atoms with Crippen LogP contribution in [0.2, 0.25) is 0 Å². The molecule has 1 heterocycles. The summed E-state index contributed by atoms with van der Waals surface area (Å²) in [6.07, 6.45) is 0. The number of aromatic hydroxyl groups is 1. The van der Waals surface area contributed by atoms with Gasteiger partial charge in [-0.05, 0) is 58.3 Å². The molecular formula is C18H15BrN2O2S. The Morgan fingerprint density at radius 3 is 2.54 bits per heavy atom. The van der Waals surface area contributed by atoms with E-state index < -0.39 is 0 Å². The molecule has 0 radical (unpaired) electrons. The molecule has 0 aromatic heterocycles. The van der Waals surface area contributed by atoms with Crippen molar-refractivity contribution in [2.45, 2.75) is 13.0 Å². The van der Waals surface area contributed by atoms with E-state index in [0.717, 1.165) is 11.1 Å². The highest BCUT2D eigenvalue weighted by Crippen LogP contribution is 2.34. The fourth-order valence-electron chi connectivity index (χ4n) is 2.73. The van der Waals surface area contributed by atoms with Crippen molar-refractivity contribution in [2.75, 3.05) is 0 Å². The molecule has 0 bridgehead atoms. The quantitative estimate of drug-likeness (QED) is 0.683. The zero-order chi connectivity index (χ0) is 17.3. The van der Waals surface area contributed by atoms with Crippen molar-refractivity contribution in [3.63, 3.8) is 0 Å². The third-order valence-corrected chi connectivity index (χ3v) is 4.67. The Kier molecular flexibility index (Phi) is 4.69. The molecule has 1 atom stereocenters. The maximum absolute atomic E-state index is 12.4. The molecule has 0 amide bonds. The van der Waals surface area contributed by atoms with Crippen LogP contribution < -0.4 is 10.6 Å². The van der Waals surface area contributed by atoms with Gasteiger partial charge in [0.2, 0.25) is 0 Å². The monoisotopic (exact) mass is 402 g/mol. The van der Waals surface area contributed by atoms with E-state index in [9.17, 15) is 9.90 Å². The van der Waals surface area contributed by atoms with E-state index in [-0.39, 0.29) is 17.6 Å². The highest BCUT2D eigenvalue weighted by atomic mass is 79.9. The number of Topliss-reactive ketones (excluding diaryl/α,β-unsaturated/α-hetero) is 1. The van der Waals surface area contributed by atoms with Crippen molar-refractivity contribution in [1.82, 2.24) is 10.6 Å². The minimum atomic E-state index is -0.386. The molecule has 3 N–H and O–H groups in total. The standard InChI is InChI=1S/C18H15BrN2O2S/c1-10(22)15-16(11-5-3-2-4-6-11)20-18(24)21-17(15)12-7-8-14(23)13(19)9-12/h2-9,17,23H,1H3,(H2,20,21,24)/t17-/m1/s1. The molecule has 0 aliphatic carbocycles. The van der Waals surface area contributed by atoms with Crippen LogP contribution >= 0.6 is 28.1 Å². The van der Waals surface area contributed by atoms with Crippen molar-refractivity contribution in [1.29, 1.82) is 0 Å². The lowest BCUT2D eigenvalue weighted by Crippen LogP contribution is -2.44. The van der Waals surface area contributed by atoms with Crippen LogP contribution in [0.15, 0.2) is 58.6 Å². The van der Waals surface area contributed by atoms with Gasteiger partial charge in [0.1, 0.15) is 5.75 Å². The van der Waals surface area contributed by atoms with Crippen LogP contribution in [0.1, 0.15) is 24.1 Å². The number of halogens is 1. The normalized spacial score (nSPS) is 17.2. The van der Waals surface area contributed by atoms with E-state index in [0.29, 0.717) is 20.9 Å². The first-order chi connectivity index (χ1) is 11.5. The minimum Gasteiger partial charge on any atom is -0.507 e. The second-order valence-electron chi connectivity index (χ2n) is 5.45. The van der Waals surface area contributed by atoms with E-state index in [1.807, 2.05) is 30.3 Å². The predicted molar refractivity (Wildman–Crippen MR) is 101 cm³/mol. The lowest BCUT2D eigenvalue weighted by atomic mass is 9.90. The first-order valence-corrected chi connectivity index (χ1v) is 8.54. The number of thiocarbonyl (C=S) groups is 1. The molecule has 0 saturated carbocycles. The van der Waals surface area contributed by atoms with E-state index >= 15 is 0 Å². The maximum Gasteiger partial charge on any atom is 0.171 e. The zero-order valence-electron chi connectivity index (χ0n) is 12.8. The molecule has 6 heteroatoms. The van der Waals surface area contributed by atoms with Crippen LogP contribution in [-0.4, -0.2) is 16.0 Å². The molecule has 24 heavy (non-hydrogen) atoms. The fourth-order valence-corrected chi connectivity index (χ4v) is 3.35. The van der Waals surface area contributed by atoms with Gasteiger partial charge in [-0.3, -0.25) is 4.79 Å². The van der Waals surface area contributed by atoms with Crippen molar-refractivity contribution < 1.29 is 9.90 Å². The number of nitrogens with one attached hydrogen (secondary N) is 2. The van der Waals surface area contributed by atoms with Gasteiger partial charge < -0.3 is 15.7 Å². The Labute approximate surface area is 153 Å². The van der Waals surface area contributed by atoms with Crippen molar-refractivity contribution >= 4 is 44.7 Å². The summed E-state index contributed by atoms with van der Waals surface area (Å²) >= 11 is 8.65. The molecule has 2 aromatic carbocycles. The van der Waals surface area contributed by atoms with Crippen molar-refractivity contribution in [3.05, 3.63) is 69.7 Å². The molecule has 122 valence electrons. The van der Waals surface area contributed by atoms with Gasteiger partial charge in [0.15, 0.2) is 10.9 Å². The van der Waals surface area contributed by atoms with Gasteiger partial charge in [-0.1, -0.05) is 36.4 Å². The van der Waals surface area contributed by atoms with E-state index in [1.165, 1.54) is 0 Å². The Morgan fingerprint density at radius 1 is 1.21 bits per heavy atom. The first kappa shape index (κ1) is 16.7. The third-order valence-electron chi connectivity index (χ3n) is 3.82. The number of phenols is 1. The summed E-state index contributed by atoms with van der Waals surface area (Å²) in [5, 5.41) is 16.4. The number of ketones is 1. The molecular weight excluding hydrogens is 388 g/mol. The van der Waals surface area contributed by atoms with E-state index in [4.69, 9.17) is 12.2 Å². The summed E-state index contributed by atoms with van der Waals surface area (Å²) < 4.78 is 0.565. The van der Waals surface area contributed by atoms with Crippen LogP contribution in [0.25, 0.3) is 5.70 Å². The number of phenolic OH excluding ortho intramolecular Hbond substituents is 1. The highest BCUT2D eigenvalue weighted by molar-refractivity contribution is 9.10. The lowest BCUT2D eigenvalue weighted by molar-refractivity contribution is -0.113. The fraction of sp³-hybridized carbons (Fsp3) is 0.111. The smallest absolute Gasteiger partial charge is 0.171 e. The van der Waals surface area contributed by atoms with Crippen molar-refractivity contribution in [3.8, 4) is 5.75 Å². The van der Waals surface area contributed by atoms with Crippen LogP contribution in [0.5, 0.6) is 5.75 Å². The van der Waals surface area contributed by atoms with Gasteiger partial charge >= 0.3 is 0 Å². The summed E-state index contributed by atoms with van der Waals surface area (Å²) in [5.41, 5.74) is 3.05. The minimum absolute atomic E-state index is 0.0504. The SMILES string of the molecule is CC(=O)C1=C(c2ccccc2)NC(=S)N[C@@H]1c1ccc(O)c(Br)c1. The first-order valence-electron chi connectivity index (χ1n) is 7.34. The predicted octanol–water partition coefficient (Wildman–Crippen LogP) is 3.67. The Morgan fingerprint density at radius 2 is 1.92 bits per heavy atom. The highest BCUT2D eigenvalue weighted by Gasteiger charge is 2.30. The molecule has 1 aliphatic rings. The topological polar surface area (TPSA) is 61.4 Å². The van der Waals surface area contributed by atoms with Gasteiger partial charge in [0.05, 0.1) is 16.2 Å². The molecule has 4 nitrogen and oxygen atoms in total. The molecule has 0 fully saturated rings. The van der Waals surface area contributed by atoms with E-state index in [2.05, 4.69) is 26.6 Å². The van der Waals surface area contributed by atoms with Crippen LogP contribution in [0.3, 0.4) is 0 Å². The average molecular weight is 403 g/mol. The number of benzene rings is 2. The van der Waals surface area contributed by atoms with Gasteiger partial charge in [-0.15, -0.1) is 0 Å². The maximum atomic E-state index is 12.4. The summed E-state index contributed by atoms with van der Waals surface area (Å²) in [4.78, 5) is 12.4. The van der Waals surface area contributed by atoms with Crippen LogP contribution in [0.4, 0.5) is 0 Å². The Bertz CT molecular complexity index is 849. The second kappa shape index (κ2) is 6.75. The van der Waals surface area contributed by atoms with Gasteiger partial charge in [-0.2, -0.15) is 0 Å². The summed E-state index contributed by atoms with van der Waals surface area (Å²) in [6, 6.07) is 14.4. The molecule has 1 aliphatic heterocycles. The number of carbonyl (C=O) groups is 1. The van der Waals surface area contributed by atoms with Gasteiger partial charge in [-0.25, -0.2) is 0 Å². The van der Waals surface area contributed by atoms with Crippen LogP contribution in [0, 0.1) is 0 Å². The third kappa shape index (κ3) is 3.20. The lowest BCUT2D eigenvalue weighted by Gasteiger charge is -2.31. The van der Waals surface area contributed by atoms with Gasteiger partial charge in [0.25, 0.3) is 0 Å². The van der Waals surface area contributed by atoms with Crippen molar-refractivity contribution in [2.24, 2.45) is 0 Å². The zero-order valence-corrected chi connectivity index (χ0v) is 15.2. The number of carbonyl (C=O) groups excluding carboxylic acids is 1. The summed E-state index contributed by atoms with van der Waals surface area (Å²) in [6.45, 7) is 1.54. The molecule has 0 spiro atoms.